The third-order valence-electron chi connectivity index (χ3n) is 8.83. The Bertz CT molecular complexity index is 2110. The molecule has 0 fully saturated rings. The molecule has 0 atom stereocenters. The van der Waals surface area contributed by atoms with E-state index in [1.807, 2.05) is 48.5 Å². The fourth-order valence-electron chi connectivity index (χ4n) is 6.98. The molecule has 0 saturated carbocycles. The molecule has 1 aliphatic carbocycles. The minimum absolute atomic E-state index is 0.498. The number of nitrogens with zero attached hydrogens (tertiary/aromatic N) is 3. The average molecular weight is 564 g/mol. The van der Waals surface area contributed by atoms with E-state index >= 15 is 0 Å². The molecule has 0 radical (unpaired) electrons. The summed E-state index contributed by atoms with van der Waals surface area (Å²) in [4.78, 5) is 14.7. The van der Waals surface area contributed by atoms with Crippen LogP contribution in [0.25, 0.3) is 45.2 Å². The molecule has 3 heterocycles. The van der Waals surface area contributed by atoms with Crippen LogP contribution in [0, 0.1) is 0 Å². The van der Waals surface area contributed by atoms with E-state index in [4.69, 9.17) is 14.7 Å². The highest BCUT2D eigenvalue weighted by atomic mass is 16.5. The molecule has 5 aromatic carbocycles. The predicted octanol–water partition coefficient (Wildman–Crippen LogP) is 9.34. The molecule has 0 amide bonds. The van der Waals surface area contributed by atoms with E-state index in [0.29, 0.717) is 5.82 Å². The summed E-state index contributed by atoms with van der Waals surface area (Å²) in [5, 5.41) is 0. The first-order valence-electron chi connectivity index (χ1n) is 14.8. The zero-order valence-corrected chi connectivity index (χ0v) is 23.7. The Labute approximate surface area is 255 Å². The second-order valence-electron chi connectivity index (χ2n) is 11.2. The Morgan fingerprint density at radius 1 is 0.432 bits per heavy atom. The van der Waals surface area contributed by atoms with Gasteiger partial charge in [0.15, 0.2) is 5.82 Å². The monoisotopic (exact) mass is 563 g/mol. The number of ether oxygens (including phenoxy) is 1. The summed E-state index contributed by atoms with van der Waals surface area (Å²) in [6.07, 6.45) is 1.79. The second kappa shape index (κ2) is 9.58. The number of benzene rings is 5. The van der Waals surface area contributed by atoms with Crippen molar-refractivity contribution in [3.8, 4) is 56.7 Å². The molecule has 7 aromatic rings. The van der Waals surface area contributed by atoms with Gasteiger partial charge in [0.05, 0.1) is 22.5 Å². The van der Waals surface area contributed by atoms with Gasteiger partial charge in [0.25, 0.3) is 0 Å². The number of hydrogen-bond donors (Lipinski definition) is 0. The van der Waals surface area contributed by atoms with Gasteiger partial charge in [-0.15, -0.1) is 0 Å². The van der Waals surface area contributed by atoms with E-state index < -0.39 is 5.41 Å². The molecule has 1 aliphatic heterocycles. The maximum absolute atomic E-state index is 6.72. The second-order valence-corrected chi connectivity index (χ2v) is 11.2. The van der Waals surface area contributed by atoms with E-state index in [-0.39, 0.29) is 0 Å². The summed E-state index contributed by atoms with van der Waals surface area (Å²) < 4.78 is 6.72. The quantitative estimate of drug-likeness (QED) is 0.215. The van der Waals surface area contributed by atoms with Gasteiger partial charge in [-0.25, -0.2) is 9.97 Å². The summed E-state index contributed by atoms with van der Waals surface area (Å²) in [6, 6.07) is 50.5. The lowest BCUT2D eigenvalue weighted by Gasteiger charge is -2.39. The van der Waals surface area contributed by atoms with Gasteiger partial charge in [0.1, 0.15) is 11.5 Å². The molecular formula is C40H25N3O. The van der Waals surface area contributed by atoms with E-state index in [0.717, 1.165) is 50.8 Å². The molecule has 9 rings (SSSR count). The molecule has 206 valence electrons. The van der Waals surface area contributed by atoms with Crippen molar-refractivity contribution in [3.63, 3.8) is 0 Å². The van der Waals surface area contributed by atoms with Gasteiger partial charge in [-0.1, -0.05) is 115 Å². The zero-order chi connectivity index (χ0) is 29.1. The molecule has 4 nitrogen and oxygen atoms in total. The van der Waals surface area contributed by atoms with E-state index in [9.17, 15) is 0 Å². The third-order valence-corrected chi connectivity index (χ3v) is 8.83. The van der Waals surface area contributed by atoms with Crippen LogP contribution in [0.2, 0.25) is 0 Å². The first-order valence-corrected chi connectivity index (χ1v) is 14.8. The summed E-state index contributed by atoms with van der Waals surface area (Å²) >= 11 is 0. The lowest BCUT2D eigenvalue weighted by Crippen LogP contribution is -2.32. The number of para-hydroxylation sites is 1. The van der Waals surface area contributed by atoms with Crippen molar-refractivity contribution in [2.75, 3.05) is 0 Å². The van der Waals surface area contributed by atoms with E-state index in [2.05, 4.69) is 102 Å². The average Bonchev–Trinajstić information content (AvgIpc) is 3.39. The molecule has 2 aliphatic rings. The summed E-state index contributed by atoms with van der Waals surface area (Å²) in [6.45, 7) is 0. The number of fused-ring (bicyclic) bond motifs is 9. The first-order chi connectivity index (χ1) is 21.8. The zero-order valence-electron chi connectivity index (χ0n) is 23.7. The minimum Gasteiger partial charge on any atom is -0.457 e. The van der Waals surface area contributed by atoms with Crippen LogP contribution in [0.4, 0.5) is 0 Å². The molecule has 0 N–H and O–H groups in total. The fraction of sp³-hybridized carbons (Fsp3) is 0.0250. The van der Waals surface area contributed by atoms with Gasteiger partial charge in [0.2, 0.25) is 0 Å². The predicted molar refractivity (Wildman–Crippen MR) is 174 cm³/mol. The summed E-state index contributed by atoms with van der Waals surface area (Å²) in [5.41, 5.74) is 11.1. The Hall–Kier alpha value is -5.87. The minimum atomic E-state index is -0.498. The smallest absolute Gasteiger partial charge is 0.160 e. The number of pyridine rings is 1. The van der Waals surface area contributed by atoms with Crippen LogP contribution >= 0.6 is 0 Å². The van der Waals surface area contributed by atoms with Crippen molar-refractivity contribution in [1.82, 2.24) is 15.0 Å². The molecule has 2 aromatic heterocycles. The highest BCUT2D eigenvalue weighted by molar-refractivity contribution is 5.89. The van der Waals surface area contributed by atoms with Gasteiger partial charge in [0, 0.05) is 28.5 Å². The Morgan fingerprint density at radius 3 is 1.82 bits per heavy atom. The summed E-state index contributed by atoms with van der Waals surface area (Å²) in [7, 11) is 0. The number of hydrogen-bond acceptors (Lipinski definition) is 4. The lowest BCUT2D eigenvalue weighted by atomic mass is 9.66. The van der Waals surface area contributed by atoms with Gasteiger partial charge in [-0.05, 0) is 52.6 Å². The first kappa shape index (κ1) is 24.7. The maximum atomic E-state index is 6.72. The largest absolute Gasteiger partial charge is 0.457 e. The highest BCUT2D eigenvalue weighted by Gasteiger charge is 2.50. The Kier molecular flexibility index (Phi) is 5.38. The van der Waals surface area contributed by atoms with E-state index in [1.54, 1.807) is 6.20 Å². The molecule has 44 heavy (non-hydrogen) atoms. The Morgan fingerprint density at radius 2 is 1.07 bits per heavy atom. The van der Waals surface area contributed by atoms with Crippen molar-refractivity contribution in [1.29, 1.82) is 0 Å². The summed E-state index contributed by atoms with van der Waals surface area (Å²) in [5.74, 6) is 2.29. The van der Waals surface area contributed by atoms with Gasteiger partial charge < -0.3 is 4.74 Å². The third kappa shape index (κ3) is 3.55. The van der Waals surface area contributed by atoms with Crippen LogP contribution in [-0.2, 0) is 5.41 Å². The van der Waals surface area contributed by atoms with Crippen LogP contribution in [-0.4, -0.2) is 15.0 Å². The fourth-order valence-corrected chi connectivity index (χ4v) is 6.98. The highest BCUT2D eigenvalue weighted by Crippen LogP contribution is 2.62. The molecular weight excluding hydrogens is 538 g/mol. The normalized spacial score (nSPS) is 13.4. The van der Waals surface area contributed by atoms with Crippen molar-refractivity contribution in [2.45, 2.75) is 5.41 Å². The number of aromatic nitrogens is 3. The topological polar surface area (TPSA) is 47.9 Å². The molecule has 0 unspecified atom stereocenters. The van der Waals surface area contributed by atoms with Crippen LogP contribution in [0.15, 0.2) is 152 Å². The van der Waals surface area contributed by atoms with Gasteiger partial charge >= 0.3 is 0 Å². The molecule has 1 spiro atoms. The standard InChI is InChI=1S/C40H25N3O/c1-2-12-26(13-3-1)35-25-36(34-19-10-11-23-41-34)43-39(42-35)27-21-22-33-38(24-27)44-37-20-9-8-18-32(37)40(33)30-16-6-4-14-28(30)29-15-5-7-17-31(29)40/h1-25H. The SMILES string of the molecule is c1ccc(-c2cc(-c3ccccn3)nc(-c3ccc4c(c3)Oc3ccccc3C43c4ccccc4-c4ccccc43)n2)cc1. The van der Waals surface area contributed by atoms with Crippen LogP contribution < -0.4 is 4.74 Å². The maximum Gasteiger partial charge on any atom is 0.160 e. The number of rotatable bonds is 3. The van der Waals surface area contributed by atoms with Crippen LogP contribution in [0.3, 0.4) is 0 Å². The van der Waals surface area contributed by atoms with E-state index in [1.165, 1.54) is 22.3 Å². The van der Waals surface area contributed by atoms with Crippen molar-refractivity contribution < 1.29 is 4.74 Å². The van der Waals surface area contributed by atoms with Crippen LogP contribution in [0.5, 0.6) is 11.5 Å². The molecule has 4 heteroatoms. The van der Waals surface area contributed by atoms with Crippen molar-refractivity contribution in [2.24, 2.45) is 0 Å². The molecule has 0 saturated heterocycles. The van der Waals surface area contributed by atoms with Crippen molar-refractivity contribution >= 4 is 0 Å². The van der Waals surface area contributed by atoms with Gasteiger partial charge in [-0.3, -0.25) is 4.98 Å². The van der Waals surface area contributed by atoms with Crippen molar-refractivity contribution in [3.05, 3.63) is 174 Å². The van der Waals surface area contributed by atoms with Crippen LogP contribution in [0.1, 0.15) is 22.3 Å². The Balaban J connectivity index is 1.28. The van der Waals surface area contributed by atoms with Gasteiger partial charge in [-0.2, -0.15) is 0 Å². The lowest BCUT2D eigenvalue weighted by molar-refractivity contribution is 0.436. The molecule has 0 bridgehead atoms.